The first-order valence-corrected chi connectivity index (χ1v) is 33.6. The van der Waals surface area contributed by atoms with Crippen LogP contribution in [0.4, 0.5) is 0 Å². The molecule has 1 unspecified atom stereocenters. The largest absolute Gasteiger partial charge is 0.462 e. The minimum absolute atomic E-state index is 0.0734. The molecule has 444 valence electrons. The molecule has 6 nitrogen and oxygen atoms in total. The van der Waals surface area contributed by atoms with E-state index in [-0.39, 0.29) is 31.1 Å². The number of carbonyl (C=O) groups is 3. The lowest BCUT2D eigenvalue weighted by Gasteiger charge is -2.18. The normalized spacial score (nSPS) is 12.3. The summed E-state index contributed by atoms with van der Waals surface area (Å²) in [4.78, 5) is 38.4. The highest BCUT2D eigenvalue weighted by Crippen LogP contribution is 2.18. The van der Waals surface area contributed by atoms with Crippen molar-refractivity contribution in [3.63, 3.8) is 0 Å². The van der Waals surface area contributed by atoms with Gasteiger partial charge in [-0.25, -0.2) is 0 Å². The van der Waals surface area contributed by atoms with Crippen LogP contribution < -0.4 is 0 Å². The molecule has 0 aliphatic heterocycles. The van der Waals surface area contributed by atoms with Gasteiger partial charge in [0, 0.05) is 19.3 Å². The first-order valence-electron chi connectivity index (χ1n) is 33.6. The number of unbranched alkanes of at least 4 members (excludes halogenated alkanes) is 43. The van der Waals surface area contributed by atoms with Crippen LogP contribution >= 0.6 is 0 Å². The van der Waals surface area contributed by atoms with Crippen LogP contribution in [-0.2, 0) is 28.6 Å². The van der Waals surface area contributed by atoms with Crippen molar-refractivity contribution >= 4 is 17.9 Å². The monoisotopic (exact) mass is 1060 g/mol. The third kappa shape index (κ3) is 62.2. The Balaban J connectivity index is 4.34. The van der Waals surface area contributed by atoms with Crippen LogP contribution in [0.5, 0.6) is 0 Å². The Bertz CT molecular complexity index is 1310. The van der Waals surface area contributed by atoms with Crippen molar-refractivity contribution < 1.29 is 28.6 Å². The molecule has 0 radical (unpaired) electrons. The average Bonchev–Trinajstić information content (AvgIpc) is 3.42. The fourth-order valence-corrected chi connectivity index (χ4v) is 9.98. The van der Waals surface area contributed by atoms with Crippen LogP contribution in [0.15, 0.2) is 48.6 Å². The van der Waals surface area contributed by atoms with E-state index in [2.05, 4.69) is 69.4 Å². The topological polar surface area (TPSA) is 78.9 Å². The Hall–Kier alpha value is -2.63. The zero-order valence-electron chi connectivity index (χ0n) is 51.0. The quantitative estimate of drug-likeness (QED) is 0.0261. The summed E-state index contributed by atoms with van der Waals surface area (Å²) in [5, 5.41) is 0. The maximum atomic E-state index is 12.9. The summed E-state index contributed by atoms with van der Waals surface area (Å²) in [6.07, 6.45) is 81.2. The molecular weight excluding hydrogens is 937 g/mol. The summed E-state index contributed by atoms with van der Waals surface area (Å²) in [5.74, 6) is -0.861. The van der Waals surface area contributed by atoms with Crippen LogP contribution in [0.25, 0.3) is 0 Å². The highest BCUT2D eigenvalue weighted by Gasteiger charge is 2.19. The minimum Gasteiger partial charge on any atom is -0.462 e. The van der Waals surface area contributed by atoms with Gasteiger partial charge >= 0.3 is 17.9 Å². The van der Waals surface area contributed by atoms with E-state index in [1.54, 1.807) is 0 Å². The predicted molar refractivity (Wildman–Crippen MR) is 330 cm³/mol. The van der Waals surface area contributed by atoms with Crippen LogP contribution in [0.2, 0.25) is 0 Å². The number of carbonyl (C=O) groups excluding carboxylic acids is 3. The van der Waals surface area contributed by atoms with Gasteiger partial charge in [-0.1, -0.05) is 307 Å². The van der Waals surface area contributed by atoms with Crippen molar-refractivity contribution in [2.24, 2.45) is 0 Å². The van der Waals surface area contributed by atoms with Gasteiger partial charge in [-0.05, 0) is 83.5 Å². The lowest BCUT2D eigenvalue weighted by molar-refractivity contribution is -0.167. The van der Waals surface area contributed by atoms with E-state index in [1.165, 1.54) is 244 Å². The van der Waals surface area contributed by atoms with Gasteiger partial charge in [-0.3, -0.25) is 14.4 Å². The fraction of sp³-hybridized carbons (Fsp3) is 0.843. The van der Waals surface area contributed by atoms with Crippen LogP contribution in [0.3, 0.4) is 0 Å². The second-order valence-electron chi connectivity index (χ2n) is 22.7. The molecule has 76 heavy (non-hydrogen) atoms. The Kier molecular flexibility index (Phi) is 62.6. The van der Waals surface area contributed by atoms with Crippen molar-refractivity contribution in [3.8, 4) is 0 Å². The van der Waals surface area contributed by atoms with Gasteiger partial charge in [-0.2, -0.15) is 0 Å². The lowest BCUT2D eigenvalue weighted by Crippen LogP contribution is -2.30. The van der Waals surface area contributed by atoms with Gasteiger partial charge < -0.3 is 14.2 Å². The summed E-state index contributed by atoms with van der Waals surface area (Å²) in [6.45, 7) is 6.65. The van der Waals surface area contributed by atoms with E-state index in [9.17, 15) is 14.4 Å². The molecule has 0 amide bonds. The second-order valence-corrected chi connectivity index (χ2v) is 22.7. The van der Waals surface area contributed by atoms with E-state index >= 15 is 0 Å². The number of hydrogen-bond donors (Lipinski definition) is 0. The molecule has 0 bridgehead atoms. The fourth-order valence-electron chi connectivity index (χ4n) is 9.98. The van der Waals surface area contributed by atoms with E-state index < -0.39 is 6.10 Å². The molecule has 0 N–H and O–H groups in total. The van der Waals surface area contributed by atoms with Gasteiger partial charge in [0.05, 0.1) is 0 Å². The van der Waals surface area contributed by atoms with Crippen molar-refractivity contribution in [3.05, 3.63) is 48.6 Å². The number of esters is 3. The predicted octanol–water partition coefficient (Wildman–Crippen LogP) is 22.9. The van der Waals surface area contributed by atoms with Crippen molar-refractivity contribution in [1.29, 1.82) is 0 Å². The third-order valence-electron chi connectivity index (χ3n) is 15.1. The summed E-state index contributed by atoms with van der Waals surface area (Å²) in [6, 6.07) is 0. The molecule has 1 atom stereocenters. The Morgan fingerprint density at radius 3 is 0.763 bits per heavy atom. The molecule has 0 heterocycles. The van der Waals surface area contributed by atoms with Crippen molar-refractivity contribution in [2.45, 2.75) is 367 Å². The Morgan fingerprint density at radius 2 is 0.474 bits per heavy atom. The number of rotatable bonds is 62. The molecule has 0 aliphatic rings. The maximum absolute atomic E-state index is 12.9. The number of ether oxygens (including phenoxy) is 3. The molecule has 0 fully saturated rings. The minimum atomic E-state index is -0.778. The highest BCUT2D eigenvalue weighted by molar-refractivity contribution is 5.71. The van der Waals surface area contributed by atoms with Crippen LogP contribution in [0.1, 0.15) is 361 Å². The van der Waals surface area contributed by atoms with Gasteiger partial charge in [-0.15, -0.1) is 0 Å². The average molecular weight is 1070 g/mol. The van der Waals surface area contributed by atoms with Crippen molar-refractivity contribution in [2.75, 3.05) is 13.2 Å². The van der Waals surface area contributed by atoms with E-state index in [0.717, 1.165) is 77.0 Å². The molecule has 6 heteroatoms. The Labute approximate surface area is 473 Å². The van der Waals surface area contributed by atoms with Gasteiger partial charge in [0.1, 0.15) is 13.2 Å². The molecule has 0 saturated heterocycles. The first-order chi connectivity index (χ1) is 37.5. The zero-order valence-corrected chi connectivity index (χ0v) is 51.0. The molecule has 0 rings (SSSR count). The second kappa shape index (κ2) is 64.9. The summed E-state index contributed by atoms with van der Waals surface area (Å²) in [7, 11) is 0. The molecule has 0 aromatic rings. The summed E-state index contributed by atoms with van der Waals surface area (Å²) in [5.41, 5.74) is 0. The third-order valence-corrected chi connectivity index (χ3v) is 15.1. The van der Waals surface area contributed by atoms with Gasteiger partial charge in [0.25, 0.3) is 0 Å². The van der Waals surface area contributed by atoms with Crippen LogP contribution in [-0.4, -0.2) is 37.2 Å². The van der Waals surface area contributed by atoms with Gasteiger partial charge in [0.2, 0.25) is 0 Å². The molecule has 0 aliphatic carbocycles. The molecule has 0 aromatic heterocycles. The SMILES string of the molecule is CCCCC/C=C\C/C=C\CCCCCCCCCCCC(=O)OC(COC(=O)CCCCCCCCC/C=C\C/C=C\CCCCCC)COC(=O)CCCCCCCCCCCCCCCCCCCCCCC. The van der Waals surface area contributed by atoms with Crippen LogP contribution in [0, 0.1) is 0 Å². The Morgan fingerprint density at radius 1 is 0.263 bits per heavy atom. The number of allylic oxidation sites excluding steroid dienone is 8. The number of hydrogen-bond acceptors (Lipinski definition) is 6. The maximum Gasteiger partial charge on any atom is 0.306 e. The zero-order chi connectivity index (χ0) is 55.0. The van der Waals surface area contributed by atoms with Crippen molar-refractivity contribution in [1.82, 2.24) is 0 Å². The highest BCUT2D eigenvalue weighted by atomic mass is 16.6. The van der Waals surface area contributed by atoms with E-state index in [4.69, 9.17) is 14.2 Å². The smallest absolute Gasteiger partial charge is 0.306 e. The molecular formula is C70H128O6. The van der Waals surface area contributed by atoms with Gasteiger partial charge in [0.15, 0.2) is 6.10 Å². The standard InChI is InChI=1S/C70H128O6/c1-4-7-10-13-16-19-22-25-28-31-34-35-37-39-42-45-48-51-54-57-60-63-69(72)75-66-67(65-74-68(71)62-59-56-53-50-47-44-41-38-33-30-27-24-21-18-15-12-9-6-3)76-70(73)64-61-58-55-52-49-46-43-40-36-32-29-26-23-20-17-14-11-8-5-2/h17,20-21,24,26,29-30,33,67H,4-16,18-19,22-23,25,27-28,31-32,34-66H2,1-3H3/b20-17-,24-21-,29-26-,33-30-. The first kappa shape index (κ1) is 73.4. The summed E-state index contributed by atoms with van der Waals surface area (Å²) < 4.78 is 17.0. The lowest BCUT2D eigenvalue weighted by atomic mass is 10.0. The molecule has 0 saturated carbocycles. The molecule has 0 spiro atoms. The summed E-state index contributed by atoms with van der Waals surface area (Å²) >= 11 is 0. The molecule has 0 aromatic carbocycles. The van der Waals surface area contributed by atoms with E-state index in [0.29, 0.717) is 19.3 Å². The van der Waals surface area contributed by atoms with E-state index in [1.807, 2.05) is 0 Å².